The number of carbonyl (C=O) groups is 2. The van der Waals surface area contributed by atoms with Gasteiger partial charge < -0.3 is 21.3 Å². The van der Waals surface area contributed by atoms with Crippen molar-refractivity contribution >= 4 is 36.6 Å². The van der Waals surface area contributed by atoms with E-state index in [1.807, 2.05) is 0 Å². The van der Waals surface area contributed by atoms with Crippen molar-refractivity contribution in [2.24, 2.45) is 23.3 Å². The fourth-order valence-corrected chi connectivity index (χ4v) is 3.53. The Kier molecular flexibility index (Phi) is 13.5. The van der Waals surface area contributed by atoms with Gasteiger partial charge in [0.1, 0.15) is 0 Å². The van der Waals surface area contributed by atoms with Crippen molar-refractivity contribution in [3.63, 3.8) is 0 Å². The third-order valence-electron chi connectivity index (χ3n) is 5.34. The van der Waals surface area contributed by atoms with Crippen molar-refractivity contribution in [2.75, 3.05) is 26.2 Å². The van der Waals surface area contributed by atoms with Gasteiger partial charge in [-0.25, -0.2) is 0 Å². The summed E-state index contributed by atoms with van der Waals surface area (Å²) in [5.41, 5.74) is 11.0. The Balaban J connectivity index is 0. The number of hydrogen-bond acceptors (Lipinski definition) is 4. The van der Waals surface area contributed by atoms with Gasteiger partial charge in [-0.15, -0.1) is 24.8 Å². The summed E-state index contributed by atoms with van der Waals surface area (Å²) in [6.07, 6.45) is 0.568. The summed E-state index contributed by atoms with van der Waals surface area (Å²) >= 11 is 0. The molecular weight excluding hydrogens is 551 g/mol. The maximum atomic E-state index is 12.9. The van der Waals surface area contributed by atoms with Crippen molar-refractivity contribution in [1.29, 1.82) is 0 Å². The van der Waals surface area contributed by atoms with Gasteiger partial charge >= 0.3 is 23.7 Å². The highest BCUT2D eigenvalue weighted by atomic mass is 35.5. The Hall–Kier alpha value is -1.12. The van der Waals surface area contributed by atoms with Gasteiger partial charge in [-0.1, -0.05) is 27.7 Å². The predicted molar refractivity (Wildman–Crippen MR) is 122 cm³/mol. The van der Waals surface area contributed by atoms with E-state index in [1.54, 1.807) is 27.7 Å². The third-order valence-corrected chi connectivity index (χ3v) is 5.34. The van der Waals surface area contributed by atoms with Crippen LogP contribution in [0.5, 0.6) is 0 Å². The van der Waals surface area contributed by atoms with E-state index in [9.17, 15) is 44.7 Å². The highest BCUT2D eigenvalue weighted by molar-refractivity contribution is 5.85. The number of likely N-dealkylation sites (tertiary alicyclic amines) is 2. The molecule has 216 valence electrons. The summed E-state index contributed by atoms with van der Waals surface area (Å²) in [5.74, 6) is -18.2. The van der Waals surface area contributed by atoms with Gasteiger partial charge in [0.25, 0.3) is 0 Å². The minimum Gasteiger partial charge on any atom is -0.329 e. The highest BCUT2D eigenvalue weighted by Crippen LogP contribution is 2.42. The molecule has 2 fully saturated rings. The second-order valence-corrected chi connectivity index (χ2v) is 9.68. The molecule has 2 rings (SSSR count). The SMILES string of the molecule is CC(C)C[C@H](N)C(=O)N1CC(F)(F)C(F)(F)C1.CC(C)C[C@H](N)C(=O)N1CC(F)(F)C(F)(F)C1.Cl.Cl. The van der Waals surface area contributed by atoms with Gasteiger partial charge in [0.05, 0.1) is 38.3 Å². The molecule has 16 heteroatoms. The molecule has 0 bridgehead atoms. The largest absolute Gasteiger partial charge is 0.329 e. The summed E-state index contributed by atoms with van der Waals surface area (Å²) in [4.78, 5) is 24.1. The zero-order valence-corrected chi connectivity index (χ0v) is 21.9. The van der Waals surface area contributed by atoms with Gasteiger partial charge in [-0.2, -0.15) is 35.1 Å². The molecule has 0 saturated carbocycles. The summed E-state index contributed by atoms with van der Waals surface area (Å²) in [7, 11) is 0. The van der Waals surface area contributed by atoms with E-state index in [0.29, 0.717) is 9.80 Å². The van der Waals surface area contributed by atoms with Crippen LogP contribution in [0.4, 0.5) is 35.1 Å². The summed E-state index contributed by atoms with van der Waals surface area (Å²) in [6, 6.07) is -2.00. The van der Waals surface area contributed by atoms with Crippen LogP contribution in [-0.2, 0) is 9.59 Å². The molecule has 2 heterocycles. The monoisotopic (exact) mass is 584 g/mol. The van der Waals surface area contributed by atoms with Crippen LogP contribution in [0.2, 0.25) is 0 Å². The van der Waals surface area contributed by atoms with Gasteiger partial charge in [0.15, 0.2) is 0 Å². The molecule has 2 saturated heterocycles. The molecule has 0 aromatic heterocycles. The van der Waals surface area contributed by atoms with Crippen molar-refractivity contribution in [3.05, 3.63) is 0 Å². The number of amides is 2. The molecular formula is C20H34Cl2F8N4O2. The first-order valence-electron chi connectivity index (χ1n) is 10.7. The highest BCUT2D eigenvalue weighted by Gasteiger charge is 2.65. The lowest BCUT2D eigenvalue weighted by atomic mass is 10.0. The van der Waals surface area contributed by atoms with Gasteiger partial charge in [-0.05, 0) is 24.7 Å². The van der Waals surface area contributed by atoms with E-state index in [1.165, 1.54) is 0 Å². The van der Waals surface area contributed by atoms with Crippen LogP contribution in [0, 0.1) is 11.8 Å². The second kappa shape index (κ2) is 13.1. The van der Waals surface area contributed by atoms with Crippen LogP contribution in [0.3, 0.4) is 0 Å². The van der Waals surface area contributed by atoms with Crippen LogP contribution >= 0.6 is 24.8 Å². The molecule has 2 aliphatic heterocycles. The first kappa shape index (κ1) is 37.0. The normalized spacial score (nSPS) is 22.8. The van der Waals surface area contributed by atoms with E-state index in [4.69, 9.17) is 11.5 Å². The number of nitrogens with two attached hydrogens (primary N) is 2. The van der Waals surface area contributed by atoms with Crippen LogP contribution in [-0.4, -0.2) is 83.6 Å². The Morgan fingerprint density at radius 3 is 0.972 bits per heavy atom. The first-order valence-corrected chi connectivity index (χ1v) is 10.7. The molecule has 4 N–H and O–H groups in total. The van der Waals surface area contributed by atoms with Gasteiger partial charge in [-0.3, -0.25) is 9.59 Å². The number of rotatable bonds is 6. The molecule has 6 nitrogen and oxygen atoms in total. The van der Waals surface area contributed by atoms with Crippen LogP contribution in [0.1, 0.15) is 40.5 Å². The summed E-state index contributed by atoms with van der Waals surface area (Å²) in [6.45, 7) is 2.19. The average Bonchev–Trinajstić information content (AvgIpc) is 2.99. The fraction of sp³-hybridized carbons (Fsp3) is 0.900. The molecule has 0 aliphatic carbocycles. The molecule has 0 radical (unpaired) electrons. The van der Waals surface area contributed by atoms with Crippen LogP contribution in [0.25, 0.3) is 0 Å². The number of halogens is 10. The lowest BCUT2D eigenvalue weighted by Gasteiger charge is -2.20. The standard InChI is InChI=1S/2C10H16F4N2O.2ClH/c2*1-6(2)3-7(15)8(17)16-4-9(11,12)10(13,14)5-16;;/h2*6-7H,3-5,15H2,1-2H3;2*1H/t2*7-;;/m00../s1. The molecule has 2 aliphatic rings. The maximum absolute atomic E-state index is 12.9. The molecule has 36 heavy (non-hydrogen) atoms. The fourth-order valence-electron chi connectivity index (χ4n) is 3.53. The summed E-state index contributed by atoms with van der Waals surface area (Å²) < 4.78 is 103. The molecule has 2 atom stereocenters. The van der Waals surface area contributed by atoms with Crippen molar-refractivity contribution in [3.8, 4) is 0 Å². The predicted octanol–water partition coefficient (Wildman–Crippen LogP) is 3.79. The van der Waals surface area contributed by atoms with Crippen LogP contribution < -0.4 is 11.5 Å². The number of hydrogen-bond donors (Lipinski definition) is 2. The average molecular weight is 585 g/mol. The molecule has 0 aromatic rings. The molecule has 0 unspecified atom stereocenters. The molecule has 0 spiro atoms. The van der Waals surface area contributed by atoms with Crippen molar-refractivity contribution in [2.45, 2.75) is 76.3 Å². The van der Waals surface area contributed by atoms with Crippen molar-refractivity contribution < 1.29 is 44.7 Å². The quantitative estimate of drug-likeness (QED) is 0.465. The van der Waals surface area contributed by atoms with E-state index in [2.05, 4.69) is 0 Å². The molecule has 2 amide bonds. The van der Waals surface area contributed by atoms with Gasteiger partial charge in [0, 0.05) is 0 Å². The Labute approximate surface area is 217 Å². The topological polar surface area (TPSA) is 92.7 Å². The van der Waals surface area contributed by atoms with E-state index < -0.39 is 73.8 Å². The second-order valence-electron chi connectivity index (χ2n) is 9.68. The van der Waals surface area contributed by atoms with E-state index in [0.717, 1.165) is 0 Å². The number of alkyl halides is 8. The lowest BCUT2D eigenvalue weighted by molar-refractivity contribution is -0.172. The zero-order valence-electron chi connectivity index (χ0n) is 20.3. The minimum atomic E-state index is -4.17. The summed E-state index contributed by atoms with van der Waals surface area (Å²) in [5, 5.41) is 0. The Bertz CT molecular complexity index is 653. The minimum absolute atomic E-state index is 0. The Morgan fingerprint density at radius 1 is 0.611 bits per heavy atom. The maximum Gasteiger partial charge on any atom is 0.329 e. The molecule has 0 aromatic carbocycles. The van der Waals surface area contributed by atoms with E-state index in [-0.39, 0.29) is 49.5 Å². The third kappa shape index (κ3) is 9.02. The zero-order chi connectivity index (χ0) is 26.9. The Morgan fingerprint density at radius 2 is 0.806 bits per heavy atom. The smallest absolute Gasteiger partial charge is 0.329 e. The lowest BCUT2D eigenvalue weighted by Crippen LogP contribution is -2.44. The van der Waals surface area contributed by atoms with Gasteiger partial charge in [0.2, 0.25) is 11.8 Å². The van der Waals surface area contributed by atoms with Crippen LogP contribution in [0.15, 0.2) is 0 Å². The van der Waals surface area contributed by atoms with Crippen molar-refractivity contribution in [1.82, 2.24) is 9.80 Å². The number of carbonyl (C=O) groups excluding carboxylic acids is 2. The van der Waals surface area contributed by atoms with E-state index >= 15 is 0 Å². The number of nitrogens with zero attached hydrogens (tertiary/aromatic N) is 2. The first-order chi connectivity index (χ1) is 15.1.